The van der Waals surface area contributed by atoms with E-state index in [1.807, 2.05) is 20.8 Å². The van der Waals surface area contributed by atoms with Crippen molar-refractivity contribution in [2.45, 2.75) is 71.4 Å². The van der Waals surface area contributed by atoms with Crippen LogP contribution in [0.4, 0.5) is 0 Å². The molecule has 0 radical (unpaired) electrons. The van der Waals surface area contributed by atoms with Gasteiger partial charge in [0.05, 0.1) is 12.0 Å². The average molecular weight is 468 g/mol. The van der Waals surface area contributed by atoms with E-state index < -0.39 is 29.3 Å². The molecule has 6 N–H and O–H groups in total. The molecule has 1 aliphatic carbocycles. The minimum Gasteiger partial charge on any atom is -0.370 e. The van der Waals surface area contributed by atoms with E-state index in [-0.39, 0.29) is 47.7 Å². The number of H-pyrrole nitrogens is 1. The predicted molar refractivity (Wildman–Crippen MR) is 121 cm³/mol. The van der Waals surface area contributed by atoms with Gasteiger partial charge in [-0.25, -0.2) is 0 Å². The van der Waals surface area contributed by atoms with Crippen molar-refractivity contribution < 1.29 is 19.2 Å². The molecular formula is C21H33N5O5S. The molecule has 2 rings (SSSR count). The van der Waals surface area contributed by atoms with Crippen molar-refractivity contribution in [3.8, 4) is 0 Å². The summed E-state index contributed by atoms with van der Waals surface area (Å²) in [5.74, 6) is -1.77. The highest BCUT2D eigenvalue weighted by atomic mass is 32.1. The van der Waals surface area contributed by atoms with E-state index in [9.17, 15) is 24.0 Å². The third-order valence-corrected chi connectivity index (χ3v) is 6.54. The van der Waals surface area contributed by atoms with Crippen LogP contribution < -0.4 is 26.6 Å². The molecule has 1 aromatic rings. The lowest BCUT2D eigenvalue weighted by Crippen LogP contribution is -2.61. The number of primary amides is 1. The number of nitrogens with one attached hydrogen (secondary N) is 4. The lowest BCUT2D eigenvalue weighted by molar-refractivity contribution is -0.131. The lowest BCUT2D eigenvalue weighted by atomic mass is 9.71. The highest BCUT2D eigenvalue weighted by molar-refractivity contribution is 7.09. The maximum Gasteiger partial charge on any atom is 0.305 e. The van der Waals surface area contributed by atoms with Crippen molar-refractivity contribution in [1.29, 1.82) is 0 Å². The molecule has 0 aromatic carbocycles. The molecule has 178 valence electrons. The Morgan fingerprint density at radius 2 is 1.88 bits per heavy atom. The number of rotatable bonds is 11. The maximum atomic E-state index is 12.8. The molecule has 2 atom stereocenters. The second kappa shape index (κ2) is 10.8. The molecule has 4 amide bonds. The fourth-order valence-corrected chi connectivity index (χ4v) is 4.39. The quantitative estimate of drug-likeness (QED) is 0.320. The van der Waals surface area contributed by atoms with Crippen LogP contribution in [0.15, 0.2) is 4.79 Å². The number of aryl methyl sites for hydroxylation is 1. The Bertz CT molecular complexity index is 920. The van der Waals surface area contributed by atoms with Crippen LogP contribution in [-0.4, -0.2) is 46.7 Å². The van der Waals surface area contributed by atoms with Gasteiger partial charge in [0.25, 0.3) is 5.91 Å². The van der Waals surface area contributed by atoms with Crippen molar-refractivity contribution >= 4 is 35.0 Å². The summed E-state index contributed by atoms with van der Waals surface area (Å²) < 4.78 is 0. The molecule has 0 aliphatic heterocycles. The first kappa shape index (κ1) is 25.6. The second-order valence-corrected chi connectivity index (χ2v) is 10.2. The molecule has 32 heavy (non-hydrogen) atoms. The van der Waals surface area contributed by atoms with E-state index in [0.29, 0.717) is 4.88 Å². The van der Waals surface area contributed by atoms with Gasteiger partial charge in [0.1, 0.15) is 11.7 Å². The van der Waals surface area contributed by atoms with Crippen LogP contribution in [0.5, 0.6) is 0 Å². The Morgan fingerprint density at radius 3 is 2.34 bits per heavy atom. The van der Waals surface area contributed by atoms with Crippen LogP contribution in [-0.2, 0) is 14.4 Å². The molecular weight excluding hydrogens is 434 g/mol. The molecule has 1 aromatic heterocycles. The molecule has 1 saturated carbocycles. The zero-order valence-corrected chi connectivity index (χ0v) is 19.8. The fraction of sp³-hybridized carbons (Fsp3) is 0.667. The van der Waals surface area contributed by atoms with Crippen molar-refractivity contribution in [2.24, 2.45) is 17.6 Å². The number of hydrogen-bond acceptors (Lipinski definition) is 6. The van der Waals surface area contributed by atoms with Gasteiger partial charge in [0.2, 0.25) is 17.7 Å². The van der Waals surface area contributed by atoms with Crippen LogP contribution in [0.2, 0.25) is 0 Å². The summed E-state index contributed by atoms with van der Waals surface area (Å²) in [5.41, 5.74) is 4.70. The standard InChI is InChI=1S/C21H33N5O5S/c1-11(2)8-16(28)24-14(9-15(22)27)18(29)23-10-21(4,13-6-5-7-13)26-19(30)17-12(3)32-20(31)25-17/h11,13-14H,5-10H2,1-4H3,(H2,22,27)(H,23,29)(H,24,28)(H,25,31)(H,26,30). The number of hydrogen-bond donors (Lipinski definition) is 5. The number of amides is 4. The van der Waals surface area contributed by atoms with Crippen LogP contribution in [0.1, 0.15) is 68.2 Å². The minimum atomic E-state index is -1.09. The Morgan fingerprint density at radius 1 is 1.22 bits per heavy atom. The SMILES string of the molecule is Cc1sc(=O)[nH]c1C(=O)NC(C)(CNC(=O)C(CC(N)=O)NC(=O)CC(C)C)C1CCC1. The highest BCUT2D eigenvalue weighted by Crippen LogP contribution is 2.36. The summed E-state index contributed by atoms with van der Waals surface area (Å²) in [6, 6.07) is -1.09. The van der Waals surface area contributed by atoms with E-state index in [1.165, 1.54) is 0 Å². The van der Waals surface area contributed by atoms with Gasteiger partial charge in [-0.2, -0.15) is 0 Å². The maximum absolute atomic E-state index is 12.8. The van der Waals surface area contributed by atoms with E-state index in [2.05, 4.69) is 20.9 Å². The number of thiazole rings is 1. The van der Waals surface area contributed by atoms with Gasteiger partial charge in [0.15, 0.2) is 0 Å². The summed E-state index contributed by atoms with van der Waals surface area (Å²) in [6.45, 7) is 7.38. The van der Waals surface area contributed by atoms with Crippen molar-refractivity contribution in [1.82, 2.24) is 20.9 Å². The first-order valence-corrected chi connectivity index (χ1v) is 11.6. The normalized spacial score (nSPS) is 16.5. The van der Waals surface area contributed by atoms with Crippen molar-refractivity contribution in [2.75, 3.05) is 6.54 Å². The van der Waals surface area contributed by atoms with Gasteiger partial charge < -0.3 is 26.7 Å². The molecule has 1 heterocycles. The summed E-state index contributed by atoms with van der Waals surface area (Å²) in [7, 11) is 0. The van der Waals surface area contributed by atoms with Gasteiger partial charge >= 0.3 is 4.87 Å². The molecule has 1 fully saturated rings. The van der Waals surface area contributed by atoms with Crippen molar-refractivity contribution in [3.05, 3.63) is 20.2 Å². The summed E-state index contributed by atoms with van der Waals surface area (Å²) in [5, 5.41) is 8.31. The zero-order valence-electron chi connectivity index (χ0n) is 19.0. The summed E-state index contributed by atoms with van der Waals surface area (Å²) >= 11 is 0.964. The molecule has 1 aliphatic rings. The van der Waals surface area contributed by atoms with Crippen LogP contribution >= 0.6 is 11.3 Å². The second-order valence-electron chi connectivity index (χ2n) is 9.05. The molecule has 0 bridgehead atoms. The number of carbonyl (C=O) groups excluding carboxylic acids is 4. The lowest BCUT2D eigenvalue weighted by Gasteiger charge is -2.43. The van der Waals surface area contributed by atoms with E-state index in [4.69, 9.17) is 5.73 Å². The van der Waals surface area contributed by atoms with Crippen LogP contribution in [0.3, 0.4) is 0 Å². The van der Waals surface area contributed by atoms with E-state index in [0.717, 1.165) is 30.6 Å². The molecule has 0 spiro atoms. The Balaban J connectivity index is 2.09. The van der Waals surface area contributed by atoms with Crippen LogP contribution in [0.25, 0.3) is 0 Å². The first-order chi connectivity index (χ1) is 14.9. The zero-order chi connectivity index (χ0) is 24.1. The predicted octanol–water partition coefficient (Wildman–Crippen LogP) is 0.556. The largest absolute Gasteiger partial charge is 0.370 e. The Kier molecular flexibility index (Phi) is 8.59. The average Bonchev–Trinajstić information content (AvgIpc) is 2.94. The monoisotopic (exact) mass is 467 g/mol. The minimum absolute atomic E-state index is 0.0939. The third kappa shape index (κ3) is 6.91. The summed E-state index contributed by atoms with van der Waals surface area (Å²) in [6.07, 6.45) is 2.70. The number of nitrogens with two attached hydrogens (primary N) is 1. The van der Waals surface area contributed by atoms with Gasteiger partial charge in [-0.15, -0.1) is 0 Å². The number of carbonyl (C=O) groups is 4. The fourth-order valence-electron chi connectivity index (χ4n) is 3.71. The Labute approximate surface area is 191 Å². The molecule has 0 saturated heterocycles. The van der Waals surface area contributed by atoms with Gasteiger partial charge in [-0.1, -0.05) is 31.6 Å². The van der Waals surface area contributed by atoms with E-state index >= 15 is 0 Å². The van der Waals surface area contributed by atoms with Gasteiger partial charge in [0, 0.05) is 17.8 Å². The number of aromatic amines is 1. The smallest absolute Gasteiger partial charge is 0.305 e. The topological polar surface area (TPSA) is 163 Å². The van der Waals surface area contributed by atoms with Gasteiger partial charge in [-0.05, 0) is 38.5 Å². The van der Waals surface area contributed by atoms with Crippen molar-refractivity contribution in [3.63, 3.8) is 0 Å². The van der Waals surface area contributed by atoms with Gasteiger partial charge in [-0.3, -0.25) is 24.0 Å². The Hall–Kier alpha value is -2.69. The summed E-state index contributed by atoms with van der Waals surface area (Å²) in [4.78, 5) is 63.5. The van der Waals surface area contributed by atoms with Crippen LogP contribution in [0, 0.1) is 18.8 Å². The number of aromatic nitrogens is 1. The molecule has 10 nitrogen and oxygen atoms in total. The molecule has 2 unspecified atom stereocenters. The van der Waals surface area contributed by atoms with E-state index in [1.54, 1.807) is 6.92 Å². The highest BCUT2D eigenvalue weighted by Gasteiger charge is 2.40. The molecule has 11 heteroatoms. The first-order valence-electron chi connectivity index (χ1n) is 10.8. The third-order valence-electron chi connectivity index (χ3n) is 5.74.